The lowest BCUT2D eigenvalue weighted by Crippen LogP contribution is -2.03. The van der Waals surface area contributed by atoms with Crippen molar-refractivity contribution in [2.24, 2.45) is 0 Å². The molecule has 0 radical (unpaired) electrons. The molecule has 19 heavy (non-hydrogen) atoms. The molecule has 0 N–H and O–H groups in total. The Morgan fingerprint density at radius 3 is 1.74 bits per heavy atom. The normalized spacial score (nSPS) is 19.1. The zero-order chi connectivity index (χ0) is 13.6. The molecule has 1 unspecified atom stereocenters. The van der Waals surface area contributed by atoms with Gasteiger partial charge in [0.15, 0.2) is 0 Å². The van der Waals surface area contributed by atoms with Gasteiger partial charge in [-0.1, -0.05) is 84.0 Å². The van der Waals surface area contributed by atoms with E-state index in [1.165, 1.54) is 83.5 Å². The lowest BCUT2D eigenvalue weighted by molar-refractivity contribution is -0.275. The maximum absolute atomic E-state index is 5.15. The van der Waals surface area contributed by atoms with Crippen LogP contribution in [0.5, 0.6) is 0 Å². The molecule has 2 heteroatoms. The topological polar surface area (TPSA) is 18.5 Å². The predicted molar refractivity (Wildman–Crippen MR) is 81.1 cm³/mol. The van der Waals surface area contributed by atoms with E-state index in [0.717, 1.165) is 13.0 Å². The molecule has 0 aromatic heterocycles. The van der Waals surface area contributed by atoms with E-state index in [1.54, 1.807) is 0 Å². The molecule has 1 rings (SSSR count). The van der Waals surface area contributed by atoms with Crippen molar-refractivity contribution in [1.82, 2.24) is 0 Å². The van der Waals surface area contributed by atoms with Crippen molar-refractivity contribution >= 4 is 0 Å². The Morgan fingerprint density at radius 1 is 0.737 bits per heavy atom. The van der Waals surface area contributed by atoms with E-state index in [2.05, 4.69) is 6.92 Å². The smallest absolute Gasteiger partial charge is 0.0953 e. The minimum absolute atomic E-state index is 0.392. The van der Waals surface area contributed by atoms with Gasteiger partial charge < -0.3 is 0 Å². The van der Waals surface area contributed by atoms with Crippen molar-refractivity contribution in [2.75, 3.05) is 6.61 Å². The fraction of sp³-hybridized carbons (Fsp3) is 1.00. The van der Waals surface area contributed by atoms with Crippen molar-refractivity contribution in [1.29, 1.82) is 0 Å². The fourth-order valence-electron chi connectivity index (χ4n) is 2.78. The standard InChI is InChI=1S/C17H34O2/c1-2-3-4-5-6-7-8-9-10-11-12-13-14-17-15-16-18-19-17/h17H,2-16H2,1H3. The van der Waals surface area contributed by atoms with Crippen molar-refractivity contribution in [3.63, 3.8) is 0 Å². The summed E-state index contributed by atoms with van der Waals surface area (Å²) in [4.78, 5) is 10.1. The lowest BCUT2D eigenvalue weighted by atomic mass is 10.0. The van der Waals surface area contributed by atoms with Crippen LogP contribution in [0.1, 0.15) is 96.8 Å². The minimum atomic E-state index is 0.392. The van der Waals surface area contributed by atoms with Crippen LogP contribution in [0, 0.1) is 0 Å². The van der Waals surface area contributed by atoms with Gasteiger partial charge in [0.2, 0.25) is 0 Å². The second kappa shape index (κ2) is 12.9. The molecule has 0 saturated carbocycles. The maximum Gasteiger partial charge on any atom is 0.0953 e. The van der Waals surface area contributed by atoms with Gasteiger partial charge in [0.1, 0.15) is 0 Å². The number of unbranched alkanes of at least 4 members (excludes halogenated alkanes) is 11. The molecule has 1 heterocycles. The Bertz CT molecular complexity index is 176. The van der Waals surface area contributed by atoms with Crippen molar-refractivity contribution in [2.45, 2.75) is 103 Å². The summed E-state index contributed by atoms with van der Waals surface area (Å²) in [5, 5.41) is 0. The van der Waals surface area contributed by atoms with Crippen LogP contribution in [0.4, 0.5) is 0 Å². The maximum atomic E-state index is 5.15. The molecule has 0 bridgehead atoms. The van der Waals surface area contributed by atoms with E-state index in [9.17, 15) is 0 Å². The molecule has 2 nitrogen and oxygen atoms in total. The molecule has 114 valence electrons. The van der Waals surface area contributed by atoms with Gasteiger partial charge >= 0.3 is 0 Å². The average Bonchev–Trinajstić information content (AvgIpc) is 2.93. The molecule has 0 amide bonds. The zero-order valence-corrected chi connectivity index (χ0v) is 13.0. The molecule has 0 aliphatic carbocycles. The van der Waals surface area contributed by atoms with E-state index in [1.807, 2.05) is 0 Å². The monoisotopic (exact) mass is 270 g/mol. The summed E-state index contributed by atoms with van der Waals surface area (Å²) in [5.41, 5.74) is 0. The summed E-state index contributed by atoms with van der Waals surface area (Å²) in [6.45, 7) is 3.08. The first kappa shape index (κ1) is 17.0. The highest BCUT2D eigenvalue weighted by Gasteiger charge is 2.15. The van der Waals surface area contributed by atoms with Gasteiger partial charge in [-0.25, -0.2) is 9.78 Å². The molecule has 1 saturated heterocycles. The van der Waals surface area contributed by atoms with Gasteiger partial charge in [0.25, 0.3) is 0 Å². The molecular formula is C17H34O2. The highest BCUT2D eigenvalue weighted by Crippen LogP contribution is 2.17. The molecule has 1 fully saturated rings. The van der Waals surface area contributed by atoms with Gasteiger partial charge in [0, 0.05) is 6.42 Å². The zero-order valence-electron chi connectivity index (χ0n) is 13.0. The number of hydrogen-bond donors (Lipinski definition) is 0. The van der Waals surface area contributed by atoms with Crippen LogP contribution in [0.15, 0.2) is 0 Å². The fourth-order valence-corrected chi connectivity index (χ4v) is 2.78. The van der Waals surface area contributed by atoms with Gasteiger partial charge in [-0.15, -0.1) is 0 Å². The predicted octanol–water partition coefficient (Wildman–Crippen LogP) is 5.80. The molecule has 0 aromatic rings. The van der Waals surface area contributed by atoms with Crippen LogP contribution >= 0.6 is 0 Å². The average molecular weight is 270 g/mol. The highest BCUT2D eigenvalue weighted by atomic mass is 17.2. The Kier molecular flexibility index (Phi) is 11.5. The molecular weight excluding hydrogens is 236 g/mol. The second-order valence-electron chi connectivity index (χ2n) is 6.01. The third-order valence-electron chi connectivity index (χ3n) is 4.11. The van der Waals surface area contributed by atoms with E-state index in [4.69, 9.17) is 9.78 Å². The minimum Gasteiger partial charge on any atom is -0.236 e. The summed E-state index contributed by atoms with van der Waals surface area (Å²) in [7, 11) is 0. The second-order valence-corrected chi connectivity index (χ2v) is 6.01. The van der Waals surface area contributed by atoms with Gasteiger partial charge in [0.05, 0.1) is 12.7 Å². The summed E-state index contributed by atoms with van der Waals surface area (Å²) < 4.78 is 0. The molecule has 0 aromatic carbocycles. The molecule has 0 spiro atoms. The first-order chi connectivity index (χ1) is 9.43. The molecule has 1 aliphatic heterocycles. The van der Waals surface area contributed by atoms with E-state index in [-0.39, 0.29) is 0 Å². The van der Waals surface area contributed by atoms with Crippen LogP contribution in [0.3, 0.4) is 0 Å². The van der Waals surface area contributed by atoms with Crippen LogP contribution in [0.25, 0.3) is 0 Å². The number of rotatable bonds is 13. The van der Waals surface area contributed by atoms with Gasteiger partial charge in [-0.3, -0.25) is 0 Å². The van der Waals surface area contributed by atoms with E-state index < -0.39 is 0 Å². The Balaban J connectivity index is 1.67. The van der Waals surface area contributed by atoms with E-state index >= 15 is 0 Å². The highest BCUT2D eigenvalue weighted by molar-refractivity contribution is 4.59. The van der Waals surface area contributed by atoms with Crippen molar-refractivity contribution in [3.8, 4) is 0 Å². The van der Waals surface area contributed by atoms with Crippen molar-refractivity contribution < 1.29 is 9.78 Å². The Morgan fingerprint density at radius 2 is 1.26 bits per heavy atom. The van der Waals surface area contributed by atoms with Crippen molar-refractivity contribution in [3.05, 3.63) is 0 Å². The van der Waals surface area contributed by atoms with E-state index in [0.29, 0.717) is 6.10 Å². The Labute approximate surface area is 120 Å². The largest absolute Gasteiger partial charge is 0.236 e. The molecule has 1 atom stereocenters. The van der Waals surface area contributed by atoms with Crippen LogP contribution in [0.2, 0.25) is 0 Å². The third kappa shape index (κ3) is 10.4. The van der Waals surface area contributed by atoms with Crippen LogP contribution in [-0.4, -0.2) is 12.7 Å². The summed E-state index contributed by atoms with van der Waals surface area (Å²) in [5.74, 6) is 0. The SMILES string of the molecule is CCCCCCCCCCCCCCC1CCOO1. The summed E-state index contributed by atoms with van der Waals surface area (Å²) in [6.07, 6.45) is 19.7. The molecule has 1 aliphatic rings. The first-order valence-electron chi connectivity index (χ1n) is 8.71. The van der Waals surface area contributed by atoms with Crippen LogP contribution < -0.4 is 0 Å². The van der Waals surface area contributed by atoms with Crippen LogP contribution in [-0.2, 0) is 9.78 Å². The summed E-state index contributed by atoms with van der Waals surface area (Å²) in [6, 6.07) is 0. The quantitative estimate of drug-likeness (QED) is 0.311. The first-order valence-corrected chi connectivity index (χ1v) is 8.71. The number of hydrogen-bond acceptors (Lipinski definition) is 2. The van der Waals surface area contributed by atoms with Gasteiger partial charge in [-0.2, -0.15) is 0 Å². The summed E-state index contributed by atoms with van der Waals surface area (Å²) >= 11 is 0. The lowest BCUT2D eigenvalue weighted by Gasteiger charge is -2.06. The third-order valence-corrected chi connectivity index (χ3v) is 4.11. The Hall–Kier alpha value is -0.0800. The van der Waals surface area contributed by atoms with Gasteiger partial charge in [-0.05, 0) is 6.42 Å².